The molecule has 0 saturated carbocycles. The fourth-order valence-electron chi connectivity index (χ4n) is 3.08. The highest BCUT2D eigenvalue weighted by Crippen LogP contribution is 2.26. The molecule has 9 nitrogen and oxygen atoms in total. The predicted octanol–water partition coefficient (Wildman–Crippen LogP) is 3.74. The molecule has 4 rings (SSSR count). The summed E-state index contributed by atoms with van der Waals surface area (Å²) in [7, 11) is 1.57. The summed E-state index contributed by atoms with van der Waals surface area (Å²) in [6.07, 6.45) is 1.71. The maximum Gasteiger partial charge on any atom is 0.251 e. The number of ether oxygens (including phenoxy) is 1. The summed E-state index contributed by atoms with van der Waals surface area (Å²) in [5.41, 5.74) is 1.36. The minimum Gasteiger partial charge on any atom is -0.497 e. The molecule has 174 valence electrons. The van der Waals surface area contributed by atoms with Crippen LogP contribution in [0.4, 0.5) is 5.13 Å². The Morgan fingerprint density at radius 1 is 1.18 bits per heavy atom. The molecule has 34 heavy (non-hydrogen) atoms. The Morgan fingerprint density at radius 2 is 1.97 bits per heavy atom. The third kappa shape index (κ3) is 5.61. The van der Waals surface area contributed by atoms with Gasteiger partial charge < -0.3 is 19.9 Å². The van der Waals surface area contributed by atoms with Crippen LogP contribution in [0.1, 0.15) is 16.2 Å². The van der Waals surface area contributed by atoms with E-state index in [1.807, 2.05) is 28.8 Å². The van der Waals surface area contributed by atoms with Crippen molar-refractivity contribution in [3.05, 3.63) is 72.6 Å². The van der Waals surface area contributed by atoms with Crippen LogP contribution < -0.4 is 15.4 Å². The summed E-state index contributed by atoms with van der Waals surface area (Å²) in [6.45, 7) is 4.41. The minimum atomic E-state index is -0.236. The van der Waals surface area contributed by atoms with Crippen molar-refractivity contribution in [1.82, 2.24) is 25.1 Å². The van der Waals surface area contributed by atoms with Gasteiger partial charge in [0.25, 0.3) is 5.91 Å². The van der Waals surface area contributed by atoms with Crippen LogP contribution in [0.25, 0.3) is 10.2 Å². The predicted molar refractivity (Wildman–Crippen MR) is 133 cm³/mol. The van der Waals surface area contributed by atoms with Crippen molar-refractivity contribution in [3.63, 3.8) is 0 Å². The minimum absolute atomic E-state index is 0.142. The van der Waals surface area contributed by atoms with Crippen molar-refractivity contribution in [1.29, 1.82) is 0 Å². The highest BCUT2D eigenvalue weighted by Gasteiger charge is 2.16. The molecule has 0 unspecified atom stereocenters. The van der Waals surface area contributed by atoms with Crippen LogP contribution in [-0.4, -0.2) is 44.4 Å². The van der Waals surface area contributed by atoms with Gasteiger partial charge in [-0.3, -0.25) is 9.59 Å². The standard InChI is InChI=1S/C23H22N6O3S2/c1-3-12-29-19(13-24-21(31)15-8-10-16(32-2)11-9-15)27-28-23(29)33-14-20(30)26-22-25-17-6-4-5-7-18(17)34-22/h3-11H,1,12-14H2,2H3,(H,24,31)(H,25,26,30). The van der Waals surface area contributed by atoms with Gasteiger partial charge in [-0.2, -0.15) is 0 Å². The molecule has 0 aliphatic rings. The number of carbonyl (C=O) groups is 2. The van der Waals surface area contributed by atoms with Gasteiger partial charge in [0.15, 0.2) is 16.1 Å². The number of para-hydroxylation sites is 1. The average Bonchev–Trinajstić information content (AvgIpc) is 3.44. The molecule has 2 aromatic carbocycles. The van der Waals surface area contributed by atoms with E-state index in [0.29, 0.717) is 34.0 Å². The Morgan fingerprint density at radius 3 is 2.71 bits per heavy atom. The lowest BCUT2D eigenvalue weighted by Crippen LogP contribution is -2.24. The first-order chi connectivity index (χ1) is 16.6. The number of rotatable bonds is 10. The smallest absolute Gasteiger partial charge is 0.251 e. The molecule has 2 heterocycles. The molecule has 11 heteroatoms. The van der Waals surface area contributed by atoms with E-state index in [2.05, 4.69) is 32.4 Å². The molecule has 0 spiro atoms. The summed E-state index contributed by atoms with van der Waals surface area (Å²) in [6, 6.07) is 14.5. The molecule has 0 aliphatic carbocycles. The zero-order chi connectivity index (χ0) is 23.9. The number of hydrogen-bond donors (Lipinski definition) is 2. The van der Waals surface area contributed by atoms with Gasteiger partial charge in [0, 0.05) is 12.1 Å². The molecule has 2 aromatic heterocycles. The number of hydrogen-bond acceptors (Lipinski definition) is 8. The van der Waals surface area contributed by atoms with E-state index in [0.717, 1.165) is 10.2 Å². The monoisotopic (exact) mass is 494 g/mol. The number of nitrogens with zero attached hydrogens (tertiary/aromatic N) is 4. The van der Waals surface area contributed by atoms with Crippen molar-refractivity contribution in [2.75, 3.05) is 18.2 Å². The molecular weight excluding hydrogens is 472 g/mol. The number of allylic oxidation sites excluding steroid dienone is 1. The van der Waals surface area contributed by atoms with E-state index in [1.54, 1.807) is 37.5 Å². The maximum atomic E-state index is 12.5. The molecule has 0 aliphatic heterocycles. The number of nitrogens with one attached hydrogen (secondary N) is 2. The second-order valence-corrected chi connectivity index (χ2v) is 9.01. The maximum absolute atomic E-state index is 12.5. The van der Waals surface area contributed by atoms with E-state index < -0.39 is 0 Å². The molecule has 0 bridgehead atoms. The fraction of sp³-hybridized carbons (Fsp3) is 0.174. The second kappa shape index (κ2) is 10.9. The van der Waals surface area contributed by atoms with Crippen LogP contribution in [0.15, 0.2) is 66.3 Å². The quantitative estimate of drug-likeness (QED) is 0.255. The molecule has 0 fully saturated rings. The first-order valence-corrected chi connectivity index (χ1v) is 12.1. The van der Waals surface area contributed by atoms with Gasteiger partial charge in [0.1, 0.15) is 5.75 Å². The summed E-state index contributed by atoms with van der Waals surface area (Å²) in [5, 5.41) is 15.2. The molecule has 2 amide bonds. The molecule has 0 atom stereocenters. The number of benzene rings is 2. The lowest BCUT2D eigenvalue weighted by molar-refractivity contribution is -0.113. The second-order valence-electron chi connectivity index (χ2n) is 7.03. The SMILES string of the molecule is C=CCn1c(CNC(=O)c2ccc(OC)cc2)nnc1SCC(=O)Nc1nc2ccccc2s1. The van der Waals surface area contributed by atoms with Crippen LogP contribution in [-0.2, 0) is 17.9 Å². The number of fused-ring (bicyclic) bond motifs is 1. The molecule has 0 radical (unpaired) electrons. The molecule has 2 N–H and O–H groups in total. The van der Waals surface area contributed by atoms with Gasteiger partial charge >= 0.3 is 0 Å². The van der Waals surface area contributed by atoms with E-state index in [-0.39, 0.29) is 24.1 Å². The molecular formula is C23H22N6O3S2. The number of thiazole rings is 1. The Labute approximate surface area is 204 Å². The summed E-state index contributed by atoms with van der Waals surface area (Å²) < 4.78 is 7.94. The number of anilines is 1. The molecule has 0 saturated heterocycles. The number of thioether (sulfide) groups is 1. The molecule has 4 aromatic rings. The normalized spacial score (nSPS) is 10.7. The summed E-state index contributed by atoms with van der Waals surface area (Å²) in [4.78, 5) is 29.3. The van der Waals surface area contributed by atoms with Gasteiger partial charge in [0.05, 0.1) is 29.6 Å². The van der Waals surface area contributed by atoms with Gasteiger partial charge in [-0.15, -0.1) is 16.8 Å². The summed E-state index contributed by atoms with van der Waals surface area (Å²) >= 11 is 2.68. The van der Waals surface area contributed by atoms with Gasteiger partial charge in [0.2, 0.25) is 5.91 Å². The van der Waals surface area contributed by atoms with E-state index in [9.17, 15) is 9.59 Å². The van der Waals surface area contributed by atoms with E-state index in [1.165, 1.54) is 23.1 Å². The Hall–Kier alpha value is -3.70. The topological polar surface area (TPSA) is 111 Å². The van der Waals surface area contributed by atoms with Crippen LogP contribution >= 0.6 is 23.1 Å². The zero-order valence-electron chi connectivity index (χ0n) is 18.4. The van der Waals surface area contributed by atoms with E-state index in [4.69, 9.17) is 4.74 Å². The van der Waals surface area contributed by atoms with Gasteiger partial charge in [-0.25, -0.2) is 4.98 Å². The number of aromatic nitrogens is 4. The first-order valence-electron chi connectivity index (χ1n) is 10.3. The van der Waals surface area contributed by atoms with Crippen molar-refractivity contribution in [2.45, 2.75) is 18.2 Å². The average molecular weight is 495 g/mol. The van der Waals surface area contributed by atoms with Crippen molar-refractivity contribution in [3.8, 4) is 5.75 Å². The van der Waals surface area contributed by atoms with Crippen molar-refractivity contribution >= 4 is 50.3 Å². The largest absolute Gasteiger partial charge is 0.497 e. The van der Waals surface area contributed by atoms with Gasteiger partial charge in [-0.1, -0.05) is 41.3 Å². The lowest BCUT2D eigenvalue weighted by atomic mass is 10.2. The number of amides is 2. The third-order valence-electron chi connectivity index (χ3n) is 4.74. The fourth-order valence-corrected chi connectivity index (χ4v) is 4.73. The van der Waals surface area contributed by atoms with Gasteiger partial charge in [-0.05, 0) is 36.4 Å². The Bertz CT molecular complexity index is 1280. The van der Waals surface area contributed by atoms with E-state index >= 15 is 0 Å². The first kappa shape index (κ1) is 23.5. The zero-order valence-corrected chi connectivity index (χ0v) is 20.0. The van der Waals surface area contributed by atoms with Crippen LogP contribution in [0.2, 0.25) is 0 Å². The van der Waals surface area contributed by atoms with Crippen LogP contribution in [0, 0.1) is 0 Å². The number of methoxy groups -OCH3 is 1. The lowest BCUT2D eigenvalue weighted by Gasteiger charge is -2.09. The number of carbonyl (C=O) groups excluding carboxylic acids is 2. The third-order valence-corrected chi connectivity index (χ3v) is 6.66. The highest BCUT2D eigenvalue weighted by atomic mass is 32.2. The van der Waals surface area contributed by atoms with Crippen molar-refractivity contribution in [2.24, 2.45) is 0 Å². The summed E-state index contributed by atoms with van der Waals surface area (Å²) in [5.74, 6) is 0.961. The van der Waals surface area contributed by atoms with Crippen molar-refractivity contribution < 1.29 is 14.3 Å². The highest BCUT2D eigenvalue weighted by molar-refractivity contribution is 7.99. The Balaban J connectivity index is 1.35. The van der Waals surface area contributed by atoms with Crippen LogP contribution in [0.5, 0.6) is 5.75 Å². The van der Waals surface area contributed by atoms with Crippen LogP contribution in [0.3, 0.4) is 0 Å². The Kier molecular flexibility index (Phi) is 7.55.